The number of nitrogens with zero attached hydrogens (tertiary/aromatic N) is 2. The van der Waals surface area contributed by atoms with E-state index < -0.39 is 0 Å². The van der Waals surface area contributed by atoms with Crippen LogP contribution in [0.2, 0.25) is 0 Å². The molecule has 3 rings (SSSR count). The summed E-state index contributed by atoms with van der Waals surface area (Å²) in [6, 6.07) is 6.36. The Labute approximate surface area is 121 Å². The monoisotopic (exact) mass is 291 g/mol. The lowest BCUT2D eigenvalue weighted by Gasteiger charge is -2.07. The predicted octanol–water partition coefficient (Wildman–Crippen LogP) is 2.47. The molecule has 1 heterocycles. The number of benzene rings is 1. The predicted molar refractivity (Wildman–Crippen MR) is 78.3 cm³/mol. The van der Waals surface area contributed by atoms with Gasteiger partial charge in [-0.05, 0) is 31.0 Å². The zero-order valence-electron chi connectivity index (χ0n) is 11.5. The van der Waals surface area contributed by atoms with Gasteiger partial charge in [-0.1, -0.05) is 11.3 Å². The first kappa shape index (κ1) is 13.3. The molecule has 5 nitrogen and oxygen atoms in total. The highest BCUT2D eigenvalue weighted by molar-refractivity contribution is 7.14. The maximum Gasteiger partial charge on any atom is 0.151 e. The minimum Gasteiger partial charge on any atom is -0.497 e. The van der Waals surface area contributed by atoms with Crippen LogP contribution in [0.25, 0.3) is 10.6 Å². The Hall–Kier alpha value is -1.66. The van der Waals surface area contributed by atoms with Crippen molar-refractivity contribution in [3.8, 4) is 22.1 Å². The van der Waals surface area contributed by atoms with Gasteiger partial charge < -0.3 is 14.8 Å². The highest BCUT2D eigenvalue weighted by atomic mass is 32.1. The van der Waals surface area contributed by atoms with E-state index in [0.717, 1.165) is 33.6 Å². The molecule has 0 spiro atoms. The Morgan fingerprint density at radius 1 is 1.25 bits per heavy atom. The summed E-state index contributed by atoms with van der Waals surface area (Å²) in [6.07, 6.45) is 2.55. The number of nitrogens with one attached hydrogen (secondary N) is 1. The third kappa shape index (κ3) is 2.91. The zero-order chi connectivity index (χ0) is 13.9. The summed E-state index contributed by atoms with van der Waals surface area (Å²) in [5, 5.41) is 13.8. The zero-order valence-corrected chi connectivity index (χ0v) is 12.4. The van der Waals surface area contributed by atoms with Crippen LogP contribution in [-0.4, -0.2) is 30.5 Å². The number of hydrogen-bond acceptors (Lipinski definition) is 6. The summed E-state index contributed by atoms with van der Waals surface area (Å²) in [5.74, 6) is 1.57. The smallest absolute Gasteiger partial charge is 0.151 e. The van der Waals surface area contributed by atoms with Gasteiger partial charge in [0.1, 0.15) is 16.5 Å². The molecule has 0 saturated heterocycles. The van der Waals surface area contributed by atoms with Crippen molar-refractivity contribution < 1.29 is 9.47 Å². The molecule has 1 aromatic carbocycles. The van der Waals surface area contributed by atoms with Gasteiger partial charge in [-0.3, -0.25) is 0 Å². The Balaban J connectivity index is 1.83. The maximum absolute atomic E-state index is 5.38. The van der Waals surface area contributed by atoms with Crippen molar-refractivity contribution in [2.24, 2.45) is 0 Å². The second-order valence-electron chi connectivity index (χ2n) is 4.72. The van der Waals surface area contributed by atoms with Crippen LogP contribution in [0.1, 0.15) is 17.8 Å². The molecular weight excluding hydrogens is 274 g/mol. The normalized spacial score (nSPS) is 14.3. The van der Waals surface area contributed by atoms with E-state index in [1.807, 2.05) is 18.2 Å². The Morgan fingerprint density at radius 2 is 2.10 bits per heavy atom. The minimum absolute atomic E-state index is 0.675. The van der Waals surface area contributed by atoms with E-state index in [-0.39, 0.29) is 0 Å². The van der Waals surface area contributed by atoms with Crippen LogP contribution >= 0.6 is 11.3 Å². The van der Waals surface area contributed by atoms with Crippen LogP contribution in [0.15, 0.2) is 18.2 Å². The molecule has 0 radical (unpaired) electrons. The molecule has 106 valence electrons. The van der Waals surface area contributed by atoms with Gasteiger partial charge in [0.05, 0.1) is 19.8 Å². The van der Waals surface area contributed by atoms with Crippen molar-refractivity contribution in [3.63, 3.8) is 0 Å². The number of rotatable bonds is 6. The fraction of sp³-hybridized carbons (Fsp3) is 0.429. The summed E-state index contributed by atoms with van der Waals surface area (Å²) in [4.78, 5) is 0. The van der Waals surface area contributed by atoms with Crippen LogP contribution in [-0.2, 0) is 6.54 Å². The molecule has 1 fully saturated rings. The average molecular weight is 291 g/mol. The molecule has 1 N–H and O–H groups in total. The molecule has 0 aliphatic heterocycles. The standard InChI is InChI=1S/C14H17N3O2S/c1-18-10-5-6-12(19-2)11(7-10)14-17-16-13(20-14)8-15-9-3-4-9/h5-7,9,15H,3-4,8H2,1-2H3. The van der Waals surface area contributed by atoms with Crippen molar-refractivity contribution in [1.82, 2.24) is 15.5 Å². The molecule has 2 aromatic rings. The summed E-state index contributed by atoms with van der Waals surface area (Å²) in [5.41, 5.74) is 0.919. The quantitative estimate of drug-likeness (QED) is 0.886. The Bertz CT molecular complexity index is 596. The van der Waals surface area contributed by atoms with Gasteiger partial charge in [-0.2, -0.15) is 0 Å². The van der Waals surface area contributed by atoms with Crippen molar-refractivity contribution in [1.29, 1.82) is 0 Å². The number of hydrogen-bond donors (Lipinski definition) is 1. The van der Waals surface area contributed by atoms with E-state index in [0.29, 0.717) is 6.04 Å². The first-order chi connectivity index (χ1) is 9.80. The third-order valence-corrected chi connectivity index (χ3v) is 4.18. The Kier molecular flexibility index (Phi) is 3.84. The van der Waals surface area contributed by atoms with E-state index in [1.165, 1.54) is 12.8 Å². The maximum atomic E-state index is 5.38. The average Bonchev–Trinajstić information content (AvgIpc) is 3.21. The summed E-state index contributed by atoms with van der Waals surface area (Å²) in [7, 11) is 3.30. The number of aromatic nitrogens is 2. The van der Waals surface area contributed by atoms with Gasteiger partial charge in [-0.15, -0.1) is 10.2 Å². The van der Waals surface area contributed by atoms with Crippen molar-refractivity contribution in [2.45, 2.75) is 25.4 Å². The second kappa shape index (κ2) is 5.76. The van der Waals surface area contributed by atoms with Crippen LogP contribution in [0.3, 0.4) is 0 Å². The number of ether oxygens (including phenoxy) is 2. The molecule has 20 heavy (non-hydrogen) atoms. The molecular formula is C14H17N3O2S. The van der Waals surface area contributed by atoms with E-state index in [4.69, 9.17) is 9.47 Å². The minimum atomic E-state index is 0.675. The van der Waals surface area contributed by atoms with E-state index in [2.05, 4.69) is 15.5 Å². The molecule has 1 saturated carbocycles. The van der Waals surface area contributed by atoms with Crippen molar-refractivity contribution in [2.75, 3.05) is 14.2 Å². The van der Waals surface area contributed by atoms with Gasteiger partial charge in [0, 0.05) is 12.6 Å². The highest BCUT2D eigenvalue weighted by Gasteiger charge is 2.21. The van der Waals surface area contributed by atoms with Crippen LogP contribution in [0.4, 0.5) is 0 Å². The fourth-order valence-corrected chi connectivity index (χ4v) is 2.75. The van der Waals surface area contributed by atoms with Crippen LogP contribution in [0, 0.1) is 0 Å². The third-order valence-electron chi connectivity index (χ3n) is 3.22. The largest absolute Gasteiger partial charge is 0.497 e. The topological polar surface area (TPSA) is 56.3 Å². The molecule has 0 unspecified atom stereocenters. The molecule has 0 bridgehead atoms. The SMILES string of the molecule is COc1ccc(OC)c(-c2nnc(CNC3CC3)s2)c1. The summed E-state index contributed by atoms with van der Waals surface area (Å²) >= 11 is 1.58. The second-order valence-corrected chi connectivity index (χ2v) is 5.78. The van der Waals surface area contributed by atoms with Crippen molar-refractivity contribution >= 4 is 11.3 Å². The molecule has 0 atom stereocenters. The van der Waals surface area contributed by atoms with E-state index in [9.17, 15) is 0 Å². The van der Waals surface area contributed by atoms with Gasteiger partial charge >= 0.3 is 0 Å². The lowest BCUT2D eigenvalue weighted by Crippen LogP contribution is -2.14. The first-order valence-corrected chi connectivity index (χ1v) is 7.40. The van der Waals surface area contributed by atoms with Crippen LogP contribution < -0.4 is 14.8 Å². The van der Waals surface area contributed by atoms with Gasteiger partial charge in [-0.25, -0.2) is 0 Å². The lowest BCUT2D eigenvalue weighted by atomic mass is 10.2. The highest BCUT2D eigenvalue weighted by Crippen LogP contribution is 2.35. The van der Waals surface area contributed by atoms with Gasteiger partial charge in [0.2, 0.25) is 0 Å². The molecule has 1 aliphatic rings. The summed E-state index contributed by atoms with van der Waals surface area (Å²) in [6.45, 7) is 0.786. The molecule has 6 heteroatoms. The lowest BCUT2D eigenvalue weighted by molar-refractivity contribution is 0.404. The molecule has 1 aromatic heterocycles. The summed E-state index contributed by atoms with van der Waals surface area (Å²) < 4.78 is 10.6. The molecule has 0 amide bonds. The number of methoxy groups -OCH3 is 2. The fourth-order valence-electron chi connectivity index (χ4n) is 1.93. The van der Waals surface area contributed by atoms with Gasteiger partial charge in [0.25, 0.3) is 0 Å². The Morgan fingerprint density at radius 3 is 2.80 bits per heavy atom. The molecule has 1 aliphatic carbocycles. The van der Waals surface area contributed by atoms with Crippen LogP contribution in [0.5, 0.6) is 11.5 Å². The van der Waals surface area contributed by atoms with Gasteiger partial charge in [0.15, 0.2) is 5.01 Å². The van der Waals surface area contributed by atoms with Crippen molar-refractivity contribution in [3.05, 3.63) is 23.2 Å². The van der Waals surface area contributed by atoms with E-state index in [1.54, 1.807) is 25.6 Å². The first-order valence-electron chi connectivity index (χ1n) is 6.58. The van der Waals surface area contributed by atoms with E-state index >= 15 is 0 Å².